The van der Waals surface area contributed by atoms with E-state index in [0.29, 0.717) is 12.6 Å². The zero-order chi connectivity index (χ0) is 19.9. The lowest BCUT2D eigenvalue weighted by atomic mass is 10.2. The molecule has 2 aromatic rings. The van der Waals surface area contributed by atoms with Crippen LogP contribution in [0.15, 0.2) is 47.5 Å². The maximum Gasteiger partial charge on any atom is 0.191 e. The summed E-state index contributed by atoms with van der Waals surface area (Å²) in [4.78, 5) is 6.80. The molecule has 0 radical (unpaired) electrons. The summed E-state index contributed by atoms with van der Waals surface area (Å²) >= 11 is 0. The molecule has 28 heavy (non-hydrogen) atoms. The van der Waals surface area contributed by atoms with Gasteiger partial charge in [0.05, 0.1) is 14.2 Å². The van der Waals surface area contributed by atoms with Gasteiger partial charge in [-0.2, -0.15) is 0 Å². The van der Waals surface area contributed by atoms with E-state index in [1.807, 2.05) is 18.2 Å². The van der Waals surface area contributed by atoms with E-state index in [0.717, 1.165) is 42.5 Å². The van der Waals surface area contributed by atoms with Gasteiger partial charge < -0.3 is 25.0 Å². The van der Waals surface area contributed by atoms with E-state index in [-0.39, 0.29) is 0 Å². The van der Waals surface area contributed by atoms with E-state index in [2.05, 4.69) is 51.7 Å². The van der Waals surface area contributed by atoms with Crippen molar-refractivity contribution in [3.8, 4) is 11.5 Å². The zero-order valence-electron chi connectivity index (χ0n) is 17.2. The second-order valence-electron chi connectivity index (χ2n) is 6.92. The molecule has 1 aliphatic heterocycles. The largest absolute Gasteiger partial charge is 0.493 e. The molecule has 150 valence electrons. The van der Waals surface area contributed by atoms with E-state index < -0.39 is 0 Å². The van der Waals surface area contributed by atoms with Crippen LogP contribution in [-0.2, 0) is 13.0 Å². The molecule has 0 fully saturated rings. The second-order valence-corrected chi connectivity index (χ2v) is 6.92. The van der Waals surface area contributed by atoms with Crippen molar-refractivity contribution >= 4 is 11.6 Å². The highest BCUT2D eigenvalue weighted by molar-refractivity contribution is 5.79. The monoisotopic (exact) mass is 382 g/mol. The number of anilines is 1. The molecule has 6 heteroatoms. The predicted molar refractivity (Wildman–Crippen MR) is 115 cm³/mol. The Morgan fingerprint density at radius 2 is 1.89 bits per heavy atom. The van der Waals surface area contributed by atoms with E-state index in [1.165, 1.54) is 11.3 Å². The van der Waals surface area contributed by atoms with Gasteiger partial charge in [0.25, 0.3) is 0 Å². The lowest BCUT2D eigenvalue weighted by Gasteiger charge is -2.28. The van der Waals surface area contributed by atoms with Gasteiger partial charge in [-0.3, -0.25) is 4.99 Å². The van der Waals surface area contributed by atoms with Crippen LogP contribution >= 0.6 is 0 Å². The fraction of sp³-hybridized carbons (Fsp3) is 0.409. The molecule has 0 aliphatic carbocycles. The van der Waals surface area contributed by atoms with Crippen molar-refractivity contribution < 1.29 is 9.47 Å². The molecule has 0 amide bonds. The molecular formula is C22H30N4O2. The summed E-state index contributed by atoms with van der Waals surface area (Å²) in [6.07, 6.45) is 1.12. The number of hydrogen-bond acceptors (Lipinski definition) is 4. The Labute approximate surface area is 167 Å². The number of hydrogen-bond donors (Lipinski definition) is 2. The van der Waals surface area contributed by atoms with Gasteiger partial charge in [-0.1, -0.05) is 24.3 Å². The molecule has 0 saturated carbocycles. The lowest BCUT2D eigenvalue weighted by molar-refractivity contribution is 0.354. The minimum Gasteiger partial charge on any atom is -0.493 e. The first kappa shape index (κ1) is 19.9. The van der Waals surface area contributed by atoms with E-state index >= 15 is 0 Å². The quantitative estimate of drug-likeness (QED) is 0.570. The zero-order valence-corrected chi connectivity index (χ0v) is 17.2. The third-order valence-corrected chi connectivity index (χ3v) is 5.15. The van der Waals surface area contributed by atoms with Gasteiger partial charge in [0.1, 0.15) is 0 Å². The number of nitrogens with one attached hydrogen (secondary N) is 2. The molecule has 2 aromatic carbocycles. The van der Waals surface area contributed by atoms with Gasteiger partial charge >= 0.3 is 0 Å². The van der Waals surface area contributed by atoms with Crippen molar-refractivity contribution in [2.45, 2.75) is 25.9 Å². The average Bonchev–Trinajstić information content (AvgIpc) is 3.17. The highest BCUT2D eigenvalue weighted by Gasteiger charge is 2.22. The number of fused-ring (bicyclic) bond motifs is 1. The fourth-order valence-corrected chi connectivity index (χ4v) is 3.57. The summed E-state index contributed by atoms with van der Waals surface area (Å²) in [6.45, 7) is 4.79. The summed E-state index contributed by atoms with van der Waals surface area (Å²) < 4.78 is 10.7. The minimum atomic E-state index is 0.378. The predicted octanol–water partition coefficient (Wildman–Crippen LogP) is 2.82. The van der Waals surface area contributed by atoms with Crippen molar-refractivity contribution in [2.75, 3.05) is 39.3 Å². The summed E-state index contributed by atoms with van der Waals surface area (Å²) in [5, 5.41) is 6.80. The van der Waals surface area contributed by atoms with Crippen LogP contribution in [0.2, 0.25) is 0 Å². The highest BCUT2D eigenvalue weighted by atomic mass is 16.5. The Balaban J connectivity index is 1.53. The standard InChI is InChI=1S/C22H30N4O2/c1-16(26-12-11-18-7-5-6-8-19(18)26)14-24-22(23-2)25-15-17-9-10-20(27-3)21(13-17)28-4/h5-10,13,16H,11-12,14-15H2,1-4H3,(H2,23,24,25). The van der Waals surface area contributed by atoms with Crippen LogP contribution in [0.25, 0.3) is 0 Å². The number of guanidine groups is 1. The van der Waals surface area contributed by atoms with Crippen LogP contribution in [0.5, 0.6) is 11.5 Å². The van der Waals surface area contributed by atoms with Crippen molar-refractivity contribution in [1.82, 2.24) is 10.6 Å². The van der Waals surface area contributed by atoms with Crippen molar-refractivity contribution in [3.05, 3.63) is 53.6 Å². The second kappa shape index (κ2) is 9.35. The molecule has 6 nitrogen and oxygen atoms in total. The van der Waals surface area contributed by atoms with Gasteiger partial charge in [0, 0.05) is 38.4 Å². The van der Waals surface area contributed by atoms with Crippen LogP contribution in [0.3, 0.4) is 0 Å². The number of aliphatic imine (C=N–C) groups is 1. The SMILES string of the molecule is CN=C(NCc1ccc(OC)c(OC)c1)NCC(C)N1CCc2ccccc21. The van der Waals surface area contributed by atoms with Gasteiger partial charge in [0.15, 0.2) is 17.5 Å². The molecule has 1 heterocycles. The van der Waals surface area contributed by atoms with Crippen molar-refractivity contribution in [3.63, 3.8) is 0 Å². The van der Waals surface area contributed by atoms with Crippen LogP contribution in [0.4, 0.5) is 5.69 Å². The summed E-state index contributed by atoms with van der Waals surface area (Å²) in [7, 11) is 5.08. The third kappa shape index (κ3) is 4.50. The molecule has 0 bridgehead atoms. The van der Waals surface area contributed by atoms with E-state index in [4.69, 9.17) is 9.47 Å². The fourth-order valence-electron chi connectivity index (χ4n) is 3.57. The molecule has 0 aromatic heterocycles. The lowest BCUT2D eigenvalue weighted by Crippen LogP contribution is -2.45. The smallest absolute Gasteiger partial charge is 0.191 e. The molecule has 2 N–H and O–H groups in total. The number of benzene rings is 2. The Bertz CT molecular complexity index is 822. The molecule has 1 atom stereocenters. The van der Waals surface area contributed by atoms with Crippen molar-refractivity contribution in [2.24, 2.45) is 4.99 Å². The van der Waals surface area contributed by atoms with E-state index in [9.17, 15) is 0 Å². The average molecular weight is 383 g/mol. The number of methoxy groups -OCH3 is 2. The minimum absolute atomic E-state index is 0.378. The van der Waals surface area contributed by atoms with Crippen molar-refractivity contribution in [1.29, 1.82) is 0 Å². The first-order valence-electron chi connectivity index (χ1n) is 9.66. The highest BCUT2D eigenvalue weighted by Crippen LogP contribution is 2.29. The summed E-state index contributed by atoms with van der Waals surface area (Å²) in [5.74, 6) is 2.24. The van der Waals surface area contributed by atoms with Crippen LogP contribution in [0, 0.1) is 0 Å². The van der Waals surface area contributed by atoms with Gasteiger partial charge in [-0.05, 0) is 42.7 Å². The molecule has 3 rings (SSSR count). The number of para-hydroxylation sites is 1. The number of nitrogens with zero attached hydrogens (tertiary/aromatic N) is 2. The topological polar surface area (TPSA) is 58.1 Å². The van der Waals surface area contributed by atoms with Crippen LogP contribution in [0.1, 0.15) is 18.1 Å². The molecule has 1 aliphatic rings. The Kier molecular flexibility index (Phi) is 6.63. The van der Waals surface area contributed by atoms with Gasteiger partial charge in [0.2, 0.25) is 0 Å². The summed E-state index contributed by atoms with van der Waals surface area (Å²) in [5.41, 5.74) is 3.89. The Hall–Kier alpha value is -2.89. The molecule has 0 spiro atoms. The van der Waals surface area contributed by atoms with Gasteiger partial charge in [-0.25, -0.2) is 0 Å². The third-order valence-electron chi connectivity index (χ3n) is 5.15. The maximum atomic E-state index is 5.37. The summed E-state index contributed by atoms with van der Waals surface area (Å²) in [6, 6.07) is 14.9. The normalized spacial score (nSPS) is 14.4. The first-order valence-corrected chi connectivity index (χ1v) is 9.66. The Morgan fingerprint density at radius 3 is 2.64 bits per heavy atom. The Morgan fingerprint density at radius 1 is 1.11 bits per heavy atom. The maximum absolute atomic E-state index is 5.37. The molecular weight excluding hydrogens is 352 g/mol. The van der Waals surface area contributed by atoms with Gasteiger partial charge in [-0.15, -0.1) is 0 Å². The van der Waals surface area contributed by atoms with E-state index in [1.54, 1.807) is 21.3 Å². The van der Waals surface area contributed by atoms with Crippen LogP contribution < -0.4 is 25.0 Å². The van der Waals surface area contributed by atoms with Crippen LogP contribution in [-0.4, -0.2) is 46.4 Å². The number of rotatable bonds is 7. The molecule has 0 saturated heterocycles. The number of ether oxygens (including phenoxy) is 2. The first-order chi connectivity index (χ1) is 13.7. The molecule has 1 unspecified atom stereocenters.